The molecule has 6 nitrogen and oxygen atoms in total. The highest BCUT2D eigenvalue weighted by molar-refractivity contribution is 5.95. The Morgan fingerprint density at radius 2 is 1.81 bits per heavy atom. The minimum atomic E-state index is -0.971. The highest BCUT2D eigenvalue weighted by atomic mass is 19.1. The maximum atomic E-state index is 13.2. The molecule has 1 spiro atoms. The van der Waals surface area contributed by atoms with E-state index in [4.69, 9.17) is 0 Å². The quantitative estimate of drug-likeness (QED) is 0.711. The third kappa shape index (κ3) is 3.43. The SMILES string of the molecule is O=C(NC1CCC12CCCC2)c1nc(Nc2cc(F)nc(F)c2)ccc1O. The van der Waals surface area contributed by atoms with Gasteiger partial charge >= 0.3 is 0 Å². The fourth-order valence-electron chi connectivity index (χ4n) is 4.20. The van der Waals surface area contributed by atoms with Crippen molar-refractivity contribution in [1.82, 2.24) is 15.3 Å². The van der Waals surface area contributed by atoms with Crippen LogP contribution in [0.15, 0.2) is 24.3 Å². The molecule has 2 aliphatic carbocycles. The van der Waals surface area contributed by atoms with Crippen molar-refractivity contribution >= 4 is 17.4 Å². The van der Waals surface area contributed by atoms with Gasteiger partial charge in [0.05, 0.1) is 0 Å². The molecule has 2 aliphatic rings. The molecule has 8 heteroatoms. The zero-order chi connectivity index (χ0) is 19.0. The summed E-state index contributed by atoms with van der Waals surface area (Å²) in [4.78, 5) is 19.8. The third-order valence-electron chi connectivity index (χ3n) is 5.70. The van der Waals surface area contributed by atoms with Gasteiger partial charge in [-0.25, -0.2) is 4.98 Å². The van der Waals surface area contributed by atoms with Crippen LogP contribution in [0.2, 0.25) is 0 Å². The van der Waals surface area contributed by atoms with Crippen molar-refractivity contribution in [3.8, 4) is 5.75 Å². The van der Waals surface area contributed by atoms with Gasteiger partial charge in [-0.15, -0.1) is 0 Å². The number of hydrogen-bond acceptors (Lipinski definition) is 5. The predicted molar refractivity (Wildman–Crippen MR) is 94.7 cm³/mol. The minimum Gasteiger partial charge on any atom is -0.505 e. The normalized spacial score (nSPS) is 20.3. The van der Waals surface area contributed by atoms with E-state index < -0.39 is 17.8 Å². The Labute approximate surface area is 155 Å². The minimum absolute atomic E-state index is 0.105. The van der Waals surface area contributed by atoms with Gasteiger partial charge in [0.1, 0.15) is 11.6 Å². The molecular formula is C19H20F2N4O2. The van der Waals surface area contributed by atoms with Gasteiger partial charge < -0.3 is 15.7 Å². The first-order chi connectivity index (χ1) is 12.9. The number of anilines is 2. The van der Waals surface area contributed by atoms with Gasteiger partial charge in [0.2, 0.25) is 11.9 Å². The number of hydrogen-bond donors (Lipinski definition) is 3. The topological polar surface area (TPSA) is 87.1 Å². The van der Waals surface area contributed by atoms with Gasteiger partial charge in [-0.1, -0.05) is 12.8 Å². The molecular weight excluding hydrogens is 354 g/mol. The number of aromatic hydroxyl groups is 1. The molecule has 2 heterocycles. The van der Waals surface area contributed by atoms with Gasteiger partial charge in [-0.3, -0.25) is 4.79 Å². The Balaban J connectivity index is 1.51. The van der Waals surface area contributed by atoms with Crippen LogP contribution < -0.4 is 10.6 Å². The lowest BCUT2D eigenvalue weighted by Gasteiger charge is -2.47. The fourth-order valence-corrected chi connectivity index (χ4v) is 4.20. The van der Waals surface area contributed by atoms with Crippen molar-refractivity contribution in [3.63, 3.8) is 0 Å². The summed E-state index contributed by atoms with van der Waals surface area (Å²) < 4.78 is 26.4. The summed E-state index contributed by atoms with van der Waals surface area (Å²) >= 11 is 0. The molecule has 2 saturated carbocycles. The average Bonchev–Trinajstić information content (AvgIpc) is 3.12. The van der Waals surface area contributed by atoms with Crippen LogP contribution in [-0.2, 0) is 0 Å². The molecule has 0 radical (unpaired) electrons. The van der Waals surface area contributed by atoms with Crippen LogP contribution in [0, 0.1) is 17.3 Å². The van der Waals surface area contributed by atoms with Crippen LogP contribution in [-0.4, -0.2) is 27.0 Å². The van der Waals surface area contributed by atoms with Crippen LogP contribution in [0.1, 0.15) is 49.0 Å². The van der Waals surface area contributed by atoms with Gasteiger partial charge in [0, 0.05) is 23.9 Å². The second-order valence-electron chi connectivity index (χ2n) is 7.32. The summed E-state index contributed by atoms with van der Waals surface area (Å²) in [5, 5.41) is 15.8. The molecule has 142 valence electrons. The first-order valence-corrected chi connectivity index (χ1v) is 9.06. The lowest BCUT2D eigenvalue weighted by Crippen LogP contribution is -2.54. The molecule has 0 saturated heterocycles. The van der Waals surface area contributed by atoms with Gasteiger partial charge in [-0.2, -0.15) is 13.8 Å². The molecule has 27 heavy (non-hydrogen) atoms. The predicted octanol–water partition coefficient (Wildman–Crippen LogP) is 3.66. The summed E-state index contributed by atoms with van der Waals surface area (Å²) in [5.74, 6) is -2.45. The number of nitrogens with zero attached hydrogens (tertiary/aromatic N) is 2. The number of pyridine rings is 2. The van der Waals surface area contributed by atoms with Crippen molar-refractivity contribution in [3.05, 3.63) is 41.9 Å². The van der Waals surface area contributed by atoms with Gasteiger partial charge in [0.25, 0.3) is 5.91 Å². The molecule has 0 aliphatic heterocycles. The van der Waals surface area contributed by atoms with Crippen LogP contribution in [0.5, 0.6) is 5.75 Å². The lowest BCUT2D eigenvalue weighted by molar-refractivity contribution is 0.0577. The molecule has 3 N–H and O–H groups in total. The first kappa shape index (κ1) is 17.6. The second-order valence-corrected chi connectivity index (χ2v) is 7.32. The second kappa shape index (κ2) is 6.75. The molecule has 1 atom stereocenters. The van der Waals surface area contributed by atoms with E-state index in [1.165, 1.54) is 25.0 Å². The monoisotopic (exact) mass is 374 g/mol. The Morgan fingerprint density at radius 1 is 1.11 bits per heavy atom. The summed E-state index contributed by atoms with van der Waals surface area (Å²) in [6.07, 6.45) is 6.68. The molecule has 1 amide bonds. The summed E-state index contributed by atoms with van der Waals surface area (Å²) in [5.41, 5.74) is 0.191. The van der Waals surface area contributed by atoms with E-state index in [2.05, 4.69) is 20.6 Å². The van der Waals surface area contributed by atoms with Gasteiger partial charge in [0.15, 0.2) is 5.69 Å². The molecule has 1 unspecified atom stereocenters. The number of halogens is 2. The van der Waals surface area contributed by atoms with Crippen molar-refractivity contribution in [2.75, 3.05) is 5.32 Å². The third-order valence-corrected chi connectivity index (χ3v) is 5.70. The van der Waals surface area contributed by atoms with Crippen LogP contribution >= 0.6 is 0 Å². The maximum Gasteiger partial charge on any atom is 0.274 e. The molecule has 2 fully saturated rings. The lowest BCUT2D eigenvalue weighted by atomic mass is 9.63. The molecule has 0 bridgehead atoms. The number of nitrogens with one attached hydrogen (secondary N) is 2. The average molecular weight is 374 g/mol. The van der Waals surface area contributed by atoms with E-state index in [1.807, 2.05) is 0 Å². The standard InChI is InChI=1S/C19H20F2N4O2/c20-14-9-11(10-15(21)24-14)22-16-4-3-12(26)17(25-16)18(27)23-13-5-8-19(13)6-1-2-7-19/h3-4,9-10,13,26H,1-2,5-8H2,(H,23,27)(H,22,24,25). The van der Waals surface area contributed by atoms with Crippen molar-refractivity contribution in [2.24, 2.45) is 5.41 Å². The Hall–Kier alpha value is -2.77. The molecule has 2 aromatic rings. The van der Waals surface area contributed by atoms with E-state index in [1.54, 1.807) is 0 Å². The highest BCUT2D eigenvalue weighted by Gasteiger charge is 2.48. The summed E-state index contributed by atoms with van der Waals surface area (Å²) in [7, 11) is 0. The number of rotatable bonds is 4. The number of aromatic nitrogens is 2. The van der Waals surface area contributed by atoms with E-state index in [9.17, 15) is 18.7 Å². The van der Waals surface area contributed by atoms with Crippen LogP contribution in [0.3, 0.4) is 0 Å². The van der Waals surface area contributed by atoms with E-state index in [0.29, 0.717) is 0 Å². The van der Waals surface area contributed by atoms with Crippen LogP contribution in [0.25, 0.3) is 0 Å². The van der Waals surface area contributed by atoms with E-state index >= 15 is 0 Å². The number of carbonyl (C=O) groups is 1. The Kier molecular flexibility index (Phi) is 4.41. The summed E-state index contributed by atoms with van der Waals surface area (Å²) in [6.45, 7) is 0. The van der Waals surface area contributed by atoms with Crippen molar-refractivity contribution in [1.29, 1.82) is 0 Å². The summed E-state index contributed by atoms with van der Waals surface area (Å²) in [6, 6.07) is 4.87. The molecule has 0 aromatic carbocycles. The van der Waals surface area contributed by atoms with Crippen molar-refractivity contribution < 1.29 is 18.7 Å². The number of carbonyl (C=O) groups excluding carboxylic acids is 1. The van der Waals surface area contributed by atoms with Crippen LogP contribution in [0.4, 0.5) is 20.3 Å². The highest BCUT2D eigenvalue weighted by Crippen LogP contribution is 2.53. The molecule has 2 aromatic heterocycles. The Morgan fingerprint density at radius 3 is 2.44 bits per heavy atom. The largest absolute Gasteiger partial charge is 0.505 e. The van der Waals surface area contributed by atoms with E-state index in [0.717, 1.165) is 37.8 Å². The number of amides is 1. The maximum absolute atomic E-state index is 13.2. The first-order valence-electron chi connectivity index (χ1n) is 9.06. The van der Waals surface area contributed by atoms with E-state index in [-0.39, 0.29) is 34.4 Å². The zero-order valence-electron chi connectivity index (χ0n) is 14.6. The van der Waals surface area contributed by atoms with Gasteiger partial charge in [-0.05, 0) is 43.2 Å². The smallest absolute Gasteiger partial charge is 0.274 e. The Bertz CT molecular complexity index is 864. The molecule has 4 rings (SSSR count). The fraction of sp³-hybridized carbons (Fsp3) is 0.421. The zero-order valence-corrected chi connectivity index (χ0v) is 14.6. The van der Waals surface area contributed by atoms with Crippen molar-refractivity contribution in [2.45, 2.75) is 44.6 Å².